The molecular formula is C13H11BrF2N2S. The Kier molecular flexibility index (Phi) is 4.76. The molecule has 0 bridgehead atoms. The second-order valence-corrected chi connectivity index (χ2v) is 5.77. The number of alkyl halides is 2. The molecule has 2 aromatic rings. The van der Waals surface area contributed by atoms with E-state index in [1.807, 2.05) is 13.0 Å². The summed E-state index contributed by atoms with van der Waals surface area (Å²) in [6.07, 6.45) is 1.66. The van der Waals surface area contributed by atoms with Crippen LogP contribution in [0, 0.1) is 6.92 Å². The first kappa shape index (κ1) is 14.3. The molecule has 0 spiro atoms. The molecule has 0 radical (unpaired) electrons. The van der Waals surface area contributed by atoms with Crippen LogP contribution in [-0.2, 0) is 0 Å². The average molecular weight is 345 g/mol. The molecule has 100 valence electrons. The molecular weight excluding hydrogens is 334 g/mol. The van der Waals surface area contributed by atoms with E-state index in [1.165, 1.54) is 0 Å². The van der Waals surface area contributed by atoms with Crippen molar-refractivity contribution in [2.75, 3.05) is 5.32 Å². The molecule has 0 amide bonds. The van der Waals surface area contributed by atoms with Crippen molar-refractivity contribution < 1.29 is 8.78 Å². The van der Waals surface area contributed by atoms with E-state index in [9.17, 15) is 8.78 Å². The number of rotatable bonds is 4. The second kappa shape index (κ2) is 6.34. The van der Waals surface area contributed by atoms with Crippen molar-refractivity contribution in [1.82, 2.24) is 4.98 Å². The van der Waals surface area contributed by atoms with Crippen molar-refractivity contribution in [3.8, 4) is 0 Å². The number of hydrogen-bond donors (Lipinski definition) is 1. The number of para-hydroxylation sites is 1. The normalized spacial score (nSPS) is 10.8. The number of nitrogens with one attached hydrogen (secondary N) is 1. The third-order valence-corrected chi connectivity index (χ3v) is 3.62. The van der Waals surface area contributed by atoms with E-state index in [-0.39, 0.29) is 0 Å². The van der Waals surface area contributed by atoms with Crippen LogP contribution in [0.25, 0.3) is 0 Å². The van der Waals surface area contributed by atoms with Gasteiger partial charge in [-0.05, 0) is 46.6 Å². The lowest BCUT2D eigenvalue weighted by Crippen LogP contribution is -1.98. The lowest BCUT2D eigenvalue weighted by Gasteiger charge is -2.12. The first-order valence-electron chi connectivity index (χ1n) is 5.49. The molecule has 0 saturated carbocycles. The predicted molar refractivity (Wildman–Crippen MR) is 78.3 cm³/mol. The number of aromatic nitrogens is 1. The Morgan fingerprint density at radius 1 is 1.32 bits per heavy atom. The van der Waals surface area contributed by atoms with E-state index in [4.69, 9.17) is 0 Å². The molecule has 19 heavy (non-hydrogen) atoms. The van der Waals surface area contributed by atoms with Crippen molar-refractivity contribution in [3.63, 3.8) is 0 Å². The van der Waals surface area contributed by atoms with Gasteiger partial charge in [-0.3, -0.25) is 0 Å². The van der Waals surface area contributed by atoms with Gasteiger partial charge in [0, 0.05) is 15.6 Å². The number of aryl methyl sites for hydroxylation is 1. The zero-order valence-electron chi connectivity index (χ0n) is 10.0. The number of thioether (sulfide) groups is 1. The van der Waals surface area contributed by atoms with Gasteiger partial charge in [0.2, 0.25) is 0 Å². The highest BCUT2D eigenvalue weighted by Gasteiger charge is 2.10. The molecule has 0 atom stereocenters. The maximum Gasteiger partial charge on any atom is 0.288 e. The summed E-state index contributed by atoms with van der Waals surface area (Å²) in [6.45, 7) is 1.91. The molecule has 0 aliphatic rings. The van der Waals surface area contributed by atoms with Gasteiger partial charge in [0.15, 0.2) is 0 Å². The van der Waals surface area contributed by atoms with Crippen LogP contribution in [0.5, 0.6) is 0 Å². The van der Waals surface area contributed by atoms with Gasteiger partial charge in [-0.2, -0.15) is 8.78 Å². The van der Waals surface area contributed by atoms with Gasteiger partial charge in [0.25, 0.3) is 5.76 Å². The Bertz CT molecular complexity index is 578. The standard InChI is InChI=1S/C13H11BrF2N2S/c1-8-6-9(14)7-17-12(8)18-10-4-2-3-5-11(10)19-13(15)16/h2-7,13H,1H3,(H,17,18). The molecule has 6 heteroatoms. The third kappa shape index (κ3) is 3.91. The van der Waals surface area contributed by atoms with Crippen molar-refractivity contribution in [2.24, 2.45) is 0 Å². The van der Waals surface area contributed by atoms with Crippen LogP contribution in [0.3, 0.4) is 0 Å². The Balaban J connectivity index is 2.27. The minimum absolute atomic E-state index is 0.501. The monoisotopic (exact) mass is 344 g/mol. The minimum atomic E-state index is -2.44. The van der Waals surface area contributed by atoms with Crippen LogP contribution in [0.15, 0.2) is 45.9 Å². The SMILES string of the molecule is Cc1cc(Br)cnc1Nc1ccccc1SC(F)F. The molecule has 1 aromatic heterocycles. The zero-order valence-corrected chi connectivity index (χ0v) is 12.4. The quantitative estimate of drug-likeness (QED) is 0.770. The van der Waals surface area contributed by atoms with E-state index in [0.29, 0.717) is 28.2 Å². The van der Waals surface area contributed by atoms with Crippen LogP contribution >= 0.6 is 27.7 Å². The van der Waals surface area contributed by atoms with Crippen LogP contribution in [0.4, 0.5) is 20.3 Å². The van der Waals surface area contributed by atoms with Crippen molar-refractivity contribution >= 4 is 39.2 Å². The van der Waals surface area contributed by atoms with Crippen molar-refractivity contribution in [3.05, 3.63) is 46.6 Å². The largest absolute Gasteiger partial charge is 0.339 e. The highest BCUT2D eigenvalue weighted by Crippen LogP contribution is 2.33. The second-order valence-electron chi connectivity index (χ2n) is 3.82. The molecule has 2 rings (SSSR count). The Morgan fingerprint density at radius 2 is 2.05 bits per heavy atom. The van der Waals surface area contributed by atoms with Gasteiger partial charge in [0.05, 0.1) is 5.69 Å². The summed E-state index contributed by atoms with van der Waals surface area (Å²) in [7, 11) is 0. The number of nitrogens with zero attached hydrogens (tertiary/aromatic N) is 1. The molecule has 0 aliphatic heterocycles. The maximum atomic E-state index is 12.5. The first-order chi connectivity index (χ1) is 9.06. The van der Waals surface area contributed by atoms with E-state index in [0.717, 1.165) is 10.0 Å². The summed E-state index contributed by atoms with van der Waals surface area (Å²) in [4.78, 5) is 4.74. The topological polar surface area (TPSA) is 24.9 Å². The fourth-order valence-corrected chi connectivity index (χ4v) is 2.61. The molecule has 0 aliphatic carbocycles. The average Bonchev–Trinajstić information content (AvgIpc) is 2.34. The molecule has 1 aromatic carbocycles. The Morgan fingerprint density at radius 3 is 2.74 bits per heavy atom. The maximum absolute atomic E-state index is 12.5. The highest BCUT2D eigenvalue weighted by molar-refractivity contribution is 9.10. The molecule has 0 saturated heterocycles. The van der Waals surface area contributed by atoms with Crippen LogP contribution < -0.4 is 5.32 Å². The van der Waals surface area contributed by atoms with Crippen LogP contribution in [-0.4, -0.2) is 10.7 Å². The van der Waals surface area contributed by atoms with Gasteiger partial charge in [-0.1, -0.05) is 23.9 Å². The summed E-state index contributed by atoms with van der Waals surface area (Å²) < 4.78 is 25.9. The van der Waals surface area contributed by atoms with E-state index >= 15 is 0 Å². The van der Waals surface area contributed by atoms with Gasteiger partial charge in [-0.25, -0.2) is 4.98 Å². The lowest BCUT2D eigenvalue weighted by atomic mass is 10.2. The lowest BCUT2D eigenvalue weighted by molar-refractivity contribution is 0.252. The fraction of sp³-hybridized carbons (Fsp3) is 0.154. The summed E-state index contributed by atoms with van der Waals surface area (Å²) in [5.41, 5.74) is 1.57. The minimum Gasteiger partial charge on any atom is -0.339 e. The number of hydrogen-bond acceptors (Lipinski definition) is 3. The smallest absolute Gasteiger partial charge is 0.288 e. The van der Waals surface area contributed by atoms with Crippen LogP contribution in [0.1, 0.15) is 5.56 Å². The Labute approximate surface area is 122 Å². The highest BCUT2D eigenvalue weighted by atomic mass is 79.9. The summed E-state index contributed by atoms with van der Waals surface area (Å²) in [6, 6.07) is 8.86. The number of halogens is 3. The molecule has 1 N–H and O–H groups in total. The predicted octanol–water partition coefficient (Wildman–Crippen LogP) is 5.21. The van der Waals surface area contributed by atoms with Crippen molar-refractivity contribution in [1.29, 1.82) is 0 Å². The van der Waals surface area contributed by atoms with Crippen LogP contribution in [0.2, 0.25) is 0 Å². The summed E-state index contributed by atoms with van der Waals surface area (Å²) >= 11 is 3.86. The molecule has 0 unspecified atom stereocenters. The third-order valence-electron chi connectivity index (χ3n) is 2.40. The van der Waals surface area contributed by atoms with E-state index < -0.39 is 5.76 Å². The van der Waals surface area contributed by atoms with Gasteiger partial charge in [-0.15, -0.1) is 0 Å². The summed E-state index contributed by atoms with van der Waals surface area (Å²) in [5, 5.41) is 3.09. The zero-order chi connectivity index (χ0) is 13.8. The number of pyridine rings is 1. The van der Waals surface area contributed by atoms with E-state index in [2.05, 4.69) is 26.2 Å². The Hall–Kier alpha value is -1.14. The van der Waals surface area contributed by atoms with E-state index in [1.54, 1.807) is 30.5 Å². The van der Waals surface area contributed by atoms with Crippen molar-refractivity contribution in [2.45, 2.75) is 17.6 Å². The van der Waals surface area contributed by atoms with Gasteiger partial charge < -0.3 is 5.32 Å². The molecule has 1 heterocycles. The number of benzene rings is 1. The fourth-order valence-electron chi connectivity index (χ4n) is 1.57. The molecule has 2 nitrogen and oxygen atoms in total. The molecule has 0 fully saturated rings. The van der Waals surface area contributed by atoms with Gasteiger partial charge >= 0.3 is 0 Å². The summed E-state index contributed by atoms with van der Waals surface area (Å²) in [5.74, 6) is -1.78. The first-order valence-corrected chi connectivity index (χ1v) is 7.16. The number of anilines is 2. The van der Waals surface area contributed by atoms with Gasteiger partial charge in [0.1, 0.15) is 5.82 Å².